The van der Waals surface area contributed by atoms with E-state index in [9.17, 15) is 4.79 Å². The number of benzene rings is 1. The molecule has 1 aromatic carbocycles. The predicted molar refractivity (Wildman–Crippen MR) is 68.2 cm³/mol. The van der Waals surface area contributed by atoms with Crippen LogP contribution in [-0.4, -0.2) is 12.5 Å². The lowest BCUT2D eigenvalue weighted by atomic mass is 10.1. The molecule has 0 saturated heterocycles. The minimum absolute atomic E-state index is 0. The summed E-state index contributed by atoms with van der Waals surface area (Å²) >= 11 is 3.33. The lowest BCUT2D eigenvalue weighted by Crippen LogP contribution is -2.26. The van der Waals surface area contributed by atoms with E-state index in [4.69, 9.17) is 5.73 Å². The van der Waals surface area contributed by atoms with E-state index in [0.29, 0.717) is 6.54 Å². The van der Waals surface area contributed by atoms with Crippen LogP contribution in [0.15, 0.2) is 28.7 Å². The molecule has 3 N–H and O–H groups in total. The molecule has 0 fully saturated rings. The molecule has 0 aromatic heterocycles. The summed E-state index contributed by atoms with van der Waals surface area (Å²) in [6.45, 7) is 2.16. The van der Waals surface area contributed by atoms with Crippen molar-refractivity contribution in [2.75, 3.05) is 11.9 Å². The van der Waals surface area contributed by atoms with E-state index in [1.54, 1.807) is 6.92 Å². The minimum atomic E-state index is -0.158. The van der Waals surface area contributed by atoms with Crippen LogP contribution in [0.5, 0.6) is 0 Å². The molecular weight excluding hydrogens is 279 g/mol. The number of hydrogen-bond acceptors (Lipinski definition) is 2. The van der Waals surface area contributed by atoms with Crippen LogP contribution in [0.2, 0.25) is 0 Å². The summed E-state index contributed by atoms with van der Waals surface area (Å²) in [4.78, 5) is 11.4. The summed E-state index contributed by atoms with van der Waals surface area (Å²) in [7, 11) is 0. The first-order valence-corrected chi connectivity index (χ1v) is 5.19. The molecule has 0 heterocycles. The molecule has 1 unspecified atom stereocenters. The molecule has 0 aliphatic carbocycles. The van der Waals surface area contributed by atoms with Crippen molar-refractivity contribution in [3.8, 4) is 0 Å². The quantitative estimate of drug-likeness (QED) is 0.899. The maximum absolute atomic E-state index is 11.4. The Kier molecular flexibility index (Phi) is 6.56. The molecule has 0 aliphatic heterocycles. The first-order valence-electron chi connectivity index (χ1n) is 4.40. The number of anilines is 1. The van der Waals surface area contributed by atoms with E-state index < -0.39 is 0 Å². The highest BCUT2D eigenvalue weighted by molar-refractivity contribution is 9.10. The van der Waals surface area contributed by atoms with E-state index in [1.165, 1.54) is 0 Å². The summed E-state index contributed by atoms with van der Waals surface area (Å²) in [6, 6.07) is 7.46. The number of carbonyl (C=O) groups is 1. The van der Waals surface area contributed by atoms with Crippen LogP contribution in [-0.2, 0) is 4.79 Å². The molecule has 1 atom stereocenters. The minimum Gasteiger partial charge on any atom is -0.330 e. The second-order valence-corrected chi connectivity index (χ2v) is 4.05. The molecule has 15 heavy (non-hydrogen) atoms. The van der Waals surface area contributed by atoms with E-state index in [2.05, 4.69) is 21.2 Å². The third-order valence-corrected chi connectivity index (χ3v) is 2.39. The first kappa shape index (κ1) is 14.4. The SMILES string of the molecule is CC(CN)C(=O)Nc1cccc(Br)c1.Cl. The summed E-state index contributed by atoms with van der Waals surface area (Å²) in [5.74, 6) is -0.209. The zero-order valence-corrected chi connectivity index (χ0v) is 10.8. The number of carbonyl (C=O) groups excluding carboxylic acids is 1. The van der Waals surface area contributed by atoms with Gasteiger partial charge in [-0.25, -0.2) is 0 Å². The fourth-order valence-electron chi connectivity index (χ4n) is 0.939. The maximum atomic E-state index is 11.4. The van der Waals surface area contributed by atoms with Crippen molar-refractivity contribution >= 4 is 39.9 Å². The lowest BCUT2D eigenvalue weighted by Gasteiger charge is -2.09. The van der Waals surface area contributed by atoms with Gasteiger partial charge in [0.1, 0.15) is 0 Å². The van der Waals surface area contributed by atoms with Gasteiger partial charge in [-0.2, -0.15) is 0 Å². The fourth-order valence-corrected chi connectivity index (χ4v) is 1.34. The highest BCUT2D eigenvalue weighted by atomic mass is 79.9. The van der Waals surface area contributed by atoms with Crippen LogP contribution < -0.4 is 11.1 Å². The van der Waals surface area contributed by atoms with Crippen LogP contribution in [0.4, 0.5) is 5.69 Å². The summed E-state index contributed by atoms with van der Waals surface area (Å²) in [5, 5.41) is 2.78. The zero-order chi connectivity index (χ0) is 10.6. The summed E-state index contributed by atoms with van der Waals surface area (Å²) in [5.41, 5.74) is 6.17. The zero-order valence-electron chi connectivity index (χ0n) is 8.37. The van der Waals surface area contributed by atoms with Crippen LogP contribution in [0, 0.1) is 5.92 Å². The largest absolute Gasteiger partial charge is 0.330 e. The Labute approximate surface area is 104 Å². The third-order valence-electron chi connectivity index (χ3n) is 1.89. The summed E-state index contributed by atoms with van der Waals surface area (Å²) in [6.07, 6.45) is 0. The van der Waals surface area contributed by atoms with Crippen LogP contribution in [0.3, 0.4) is 0 Å². The van der Waals surface area contributed by atoms with Crippen LogP contribution in [0.25, 0.3) is 0 Å². The fraction of sp³-hybridized carbons (Fsp3) is 0.300. The van der Waals surface area contributed by atoms with E-state index in [1.807, 2.05) is 24.3 Å². The Morgan fingerprint density at radius 1 is 1.60 bits per heavy atom. The highest BCUT2D eigenvalue weighted by Crippen LogP contribution is 2.16. The molecule has 0 aliphatic rings. The molecule has 0 radical (unpaired) electrons. The van der Waals surface area contributed by atoms with Gasteiger partial charge in [-0.05, 0) is 18.2 Å². The van der Waals surface area contributed by atoms with Gasteiger partial charge < -0.3 is 11.1 Å². The molecule has 5 heteroatoms. The standard InChI is InChI=1S/C10H13BrN2O.ClH/c1-7(6-12)10(14)13-9-4-2-3-8(11)5-9;/h2-5,7H,6,12H2,1H3,(H,13,14);1H. The molecule has 84 valence electrons. The molecular formula is C10H14BrClN2O. The monoisotopic (exact) mass is 292 g/mol. The van der Waals surface area contributed by atoms with Gasteiger partial charge in [0.2, 0.25) is 5.91 Å². The Balaban J connectivity index is 0.00000196. The van der Waals surface area contributed by atoms with E-state index >= 15 is 0 Å². The number of hydrogen-bond donors (Lipinski definition) is 2. The molecule has 1 aromatic rings. The van der Waals surface area contributed by atoms with Crippen molar-refractivity contribution in [1.29, 1.82) is 0 Å². The van der Waals surface area contributed by atoms with Crippen molar-refractivity contribution < 1.29 is 4.79 Å². The van der Waals surface area contributed by atoms with E-state index in [-0.39, 0.29) is 24.2 Å². The van der Waals surface area contributed by atoms with Gasteiger partial charge in [0.15, 0.2) is 0 Å². The number of amides is 1. The number of halogens is 2. The topological polar surface area (TPSA) is 55.1 Å². The van der Waals surface area contributed by atoms with Crippen LogP contribution >= 0.6 is 28.3 Å². The van der Waals surface area contributed by atoms with Crippen molar-refractivity contribution in [3.05, 3.63) is 28.7 Å². The van der Waals surface area contributed by atoms with E-state index in [0.717, 1.165) is 10.2 Å². The Morgan fingerprint density at radius 2 is 2.27 bits per heavy atom. The molecule has 0 spiro atoms. The van der Waals surface area contributed by atoms with Gasteiger partial charge in [0, 0.05) is 22.6 Å². The smallest absolute Gasteiger partial charge is 0.228 e. The molecule has 3 nitrogen and oxygen atoms in total. The average Bonchev–Trinajstić information content (AvgIpc) is 2.16. The molecule has 1 amide bonds. The number of nitrogens with one attached hydrogen (secondary N) is 1. The Morgan fingerprint density at radius 3 is 2.80 bits per heavy atom. The van der Waals surface area contributed by atoms with Gasteiger partial charge in [0.25, 0.3) is 0 Å². The molecule has 0 saturated carbocycles. The van der Waals surface area contributed by atoms with Crippen LogP contribution in [0.1, 0.15) is 6.92 Å². The number of nitrogens with two attached hydrogens (primary N) is 1. The Bertz CT molecular complexity index is 333. The average molecular weight is 294 g/mol. The van der Waals surface area contributed by atoms with Gasteiger partial charge in [0.05, 0.1) is 0 Å². The molecule has 0 bridgehead atoms. The van der Waals surface area contributed by atoms with Gasteiger partial charge in [-0.1, -0.05) is 28.9 Å². The highest BCUT2D eigenvalue weighted by Gasteiger charge is 2.10. The van der Waals surface area contributed by atoms with Gasteiger partial charge >= 0.3 is 0 Å². The second-order valence-electron chi connectivity index (χ2n) is 3.14. The Hall–Kier alpha value is -0.580. The summed E-state index contributed by atoms with van der Waals surface area (Å²) < 4.78 is 0.940. The second kappa shape index (κ2) is 6.82. The number of rotatable bonds is 3. The van der Waals surface area contributed by atoms with Crippen molar-refractivity contribution in [3.63, 3.8) is 0 Å². The predicted octanol–water partition coefficient (Wildman–Crippen LogP) is 2.40. The first-order chi connectivity index (χ1) is 6.63. The lowest BCUT2D eigenvalue weighted by molar-refractivity contribution is -0.119. The normalized spacial score (nSPS) is 11.4. The van der Waals surface area contributed by atoms with Gasteiger partial charge in [-0.3, -0.25) is 4.79 Å². The van der Waals surface area contributed by atoms with Crippen molar-refractivity contribution in [2.24, 2.45) is 11.7 Å². The molecule has 1 rings (SSSR count). The van der Waals surface area contributed by atoms with Crippen molar-refractivity contribution in [2.45, 2.75) is 6.92 Å². The maximum Gasteiger partial charge on any atom is 0.228 e. The van der Waals surface area contributed by atoms with Gasteiger partial charge in [-0.15, -0.1) is 12.4 Å². The third kappa shape index (κ3) is 4.64. The van der Waals surface area contributed by atoms with Crippen molar-refractivity contribution in [1.82, 2.24) is 0 Å².